The van der Waals surface area contributed by atoms with Gasteiger partial charge in [-0.05, 0) is 25.5 Å². The second-order valence-corrected chi connectivity index (χ2v) is 6.98. The smallest absolute Gasteiger partial charge is 0.465 e. The Kier molecular flexibility index (Phi) is 5.63. The van der Waals surface area contributed by atoms with Crippen molar-refractivity contribution < 1.29 is 40.5 Å². The zero-order chi connectivity index (χ0) is 20.4. The molecule has 0 fully saturated rings. The van der Waals surface area contributed by atoms with Crippen LogP contribution in [-0.4, -0.2) is 54.0 Å². The van der Waals surface area contributed by atoms with Crippen LogP contribution in [0, 0.1) is 6.92 Å². The standard InChI is InChI=1S/C14H14F3N3O6S/c1-8-2-3-10(26-27(24,25)14(15,16)17)11(18-8)19-12(21)9-4-6-20(7-5-9)13(22)23/h2-4H,5-7H2,1H3,(H,22,23)(H,18,19,21). The molecule has 0 saturated heterocycles. The third-order valence-corrected chi connectivity index (χ3v) is 4.45. The molecule has 0 radical (unpaired) electrons. The number of rotatable bonds is 4. The maximum atomic E-state index is 12.5. The van der Waals surface area contributed by atoms with E-state index in [4.69, 9.17) is 5.11 Å². The molecule has 27 heavy (non-hydrogen) atoms. The fourth-order valence-corrected chi connectivity index (χ4v) is 2.57. The lowest BCUT2D eigenvalue weighted by Crippen LogP contribution is -2.35. The quantitative estimate of drug-likeness (QED) is 0.574. The van der Waals surface area contributed by atoms with Crippen molar-refractivity contribution in [3.05, 3.63) is 29.5 Å². The Morgan fingerprint density at radius 2 is 2.00 bits per heavy atom. The highest BCUT2D eigenvalue weighted by Gasteiger charge is 2.49. The second kappa shape index (κ2) is 7.42. The van der Waals surface area contributed by atoms with Crippen LogP contribution in [0.3, 0.4) is 0 Å². The number of carboxylic acid groups (broad SMARTS) is 1. The molecule has 0 aliphatic carbocycles. The number of hydrogen-bond donors (Lipinski definition) is 2. The van der Waals surface area contributed by atoms with Gasteiger partial charge in [-0.3, -0.25) is 4.79 Å². The van der Waals surface area contributed by atoms with Crippen molar-refractivity contribution in [2.45, 2.75) is 18.9 Å². The average molecular weight is 409 g/mol. The molecule has 0 bridgehead atoms. The van der Waals surface area contributed by atoms with Crippen molar-refractivity contribution >= 4 is 27.9 Å². The Balaban J connectivity index is 2.23. The Morgan fingerprint density at radius 1 is 1.33 bits per heavy atom. The lowest BCUT2D eigenvalue weighted by atomic mass is 10.1. The lowest BCUT2D eigenvalue weighted by Gasteiger charge is -2.23. The summed E-state index contributed by atoms with van der Waals surface area (Å²) in [5.41, 5.74) is -5.18. The number of carbonyl (C=O) groups is 2. The number of halogens is 3. The molecule has 1 aromatic rings. The van der Waals surface area contributed by atoms with E-state index in [1.807, 2.05) is 0 Å². The molecular formula is C14H14F3N3O6S. The third kappa shape index (κ3) is 4.87. The molecule has 1 aliphatic heterocycles. The van der Waals surface area contributed by atoms with Gasteiger partial charge in [-0.15, -0.1) is 0 Å². The molecular weight excluding hydrogens is 395 g/mol. The number of carbonyl (C=O) groups excluding carboxylic acids is 1. The van der Waals surface area contributed by atoms with Gasteiger partial charge in [0, 0.05) is 24.4 Å². The molecule has 148 valence electrons. The molecule has 2 amide bonds. The third-order valence-electron chi connectivity index (χ3n) is 3.48. The van der Waals surface area contributed by atoms with Crippen LogP contribution >= 0.6 is 0 Å². The summed E-state index contributed by atoms with van der Waals surface area (Å²) < 4.78 is 63.9. The van der Waals surface area contributed by atoms with Crippen molar-refractivity contribution in [3.8, 4) is 5.75 Å². The molecule has 1 aliphatic rings. The zero-order valence-electron chi connectivity index (χ0n) is 13.8. The van der Waals surface area contributed by atoms with Gasteiger partial charge in [-0.2, -0.15) is 21.6 Å². The minimum Gasteiger partial charge on any atom is -0.465 e. The Hall–Kier alpha value is -2.83. The topological polar surface area (TPSA) is 126 Å². The Labute approximate surface area is 151 Å². The Bertz CT molecular complexity index is 898. The number of aryl methyl sites for hydroxylation is 1. The predicted molar refractivity (Wildman–Crippen MR) is 85.5 cm³/mol. The van der Waals surface area contributed by atoms with Crippen molar-refractivity contribution in [2.75, 3.05) is 18.4 Å². The number of aromatic nitrogens is 1. The maximum Gasteiger partial charge on any atom is 0.534 e. The summed E-state index contributed by atoms with van der Waals surface area (Å²) in [6, 6.07) is 2.14. The van der Waals surface area contributed by atoms with Crippen molar-refractivity contribution in [3.63, 3.8) is 0 Å². The number of amides is 2. The number of hydrogen-bond acceptors (Lipinski definition) is 6. The summed E-state index contributed by atoms with van der Waals surface area (Å²) in [5.74, 6) is -2.06. The summed E-state index contributed by atoms with van der Waals surface area (Å²) in [6.07, 6.45) is 0.260. The number of anilines is 1. The fourth-order valence-electron chi connectivity index (χ4n) is 2.10. The highest BCUT2D eigenvalue weighted by Crippen LogP contribution is 2.31. The lowest BCUT2D eigenvalue weighted by molar-refractivity contribution is -0.113. The molecule has 2 rings (SSSR count). The minimum atomic E-state index is -5.94. The van der Waals surface area contributed by atoms with Gasteiger partial charge in [-0.1, -0.05) is 6.08 Å². The summed E-state index contributed by atoms with van der Waals surface area (Å²) in [7, 11) is -5.94. The highest BCUT2D eigenvalue weighted by atomic mass is 32.2. The van der Waals surface area contributed by atoms with E-state index >= 15 is 0 Å². The number of nitrogens with one attached hydrogen (secondary N) is 1. The van der Waals surface area contributed by atoms with Crippen LogP contribution in [0.15, 0.2) is 23.8 Å². The van der Waals surface area contributed by atoms with Crippen molar-refractivity contribution in [2.24, 2.45) is 0 Å². The molecule has 0 saturated carbocycles. The molecule has 1 aromatic heterocycles. The molecule has 0 aromatic carbocycles. The summed E-state index contributed by atoms with van der Waals surface area (Å²) in [6.45, 7) is 1.50. The highest BCUT2D eigenvalue weighted by molar-refractivity contribution is 7.88. The molecule has 0 spiro atoms. The first-order chi connectivity index (χ1) is 12.4. The van der Waals surface area contributed by atoms with Gasteiger partial charge in [0.15, 0.2) is 11.6 Å². The van der Waals surface area contributed by atoms with Crippen LogP contribution in [0.4, 0.5) is 23.8 Å². The van der Waals surface area contributed by atoms with Gasteiger partial charge in [0.1, 0.15) is 0 Å². The predicted octanol–water partition coefficient (Wildman–Crippen LogP) is 1.87. The molecule has 2 heterocycles. The SMILES string of the molecule is Cc1ccc(OS(=O)(=O)C(F)(F)F)c(NC(=O)C2=CCN(C(=O)O)CC2)n1. The first-order valence-corrected chi connectivity index (χ1v) is 8.78. The van der Waals surface area contributed by atoms with Gasteiger partial charge in [0.25, 0.3) is 5.91 Å². The van der Waals surface area contributed by atoms with Gasteiger partial charge in [0.2, 0.25) is 0 Å². The number of nitrogens with zero attached hydrogens (tertiary/aromatic N) is 2. The largest absolute Gasteiger partial charge is 0.534 e. The first kappa shape index (κ1) is 20.5. The number of pyridine rings is 1. The molecule has 9 nitrogen and oxygen atoms in total. The number of alkyl halides is 3. The zero-order valence-corrected chi connectivity index (χ0v) is 14.6. The van der Waals surface area contributed by atoms with Crippen molar-refractivity contribution in [1.82, 2.24) is 9.88 Å². The van der Waals surface area contributed by atoms with Crippen LogP contribution in [-0.2, 0) is 14.9 Å². The minimum absolute atomic E-state index is 0.0366. The van der Waals surface area contributed by atoms with E-state index in [9.17, 15) is 31.2 Å². The van der Waals surface area contributed by atoms with Crippen LogP contribution in [0.1, 0.15) is 12.1 Å². The van der Waals surface area contributed by atoms with Crippen LogP contribution in [0.5, 0.6) is 5.75 Å². The molecule has 2 N–H and O–H groups in total. The van der Waals surface area contributed by atoms with E-state index in [0.717, 1.165) is 11.0 Å². The van der Waals surface area contributed by atoms with Crippen LogP contribution in [0.25, 0.3) is 0 Å². The second-order valence-electron chi connectivity index (χ2n) is 5.44. The van der Waals surface area contributed by atoms with E-state index in [1.165, 1.54) is 19.1 Å². The molecule has 0 atom stereocenters. The Morgan fingerprint density at radius 3 is 2.52 bits per heavy atom. The van der Waals surface area contributed by atoms with Gasteiger partial charge >= 0.3 is 21.7 Å². The molecule has 13 heteroatoms. The van der Waals surface area contributed by atoms with Crippen LogP contribution in [0.2, 0.25) is 0 Å². The van der Waals surface area contributed by atoms with Gasteiger partial charge in [0.05, 0.1) is 0 Å². The monoisotopic (exact) mass is 409 g/mol. The average Bonchev–Trinajstić information content (AvgIpc) is 2.56. The van der Waals surface area contributed by atoms with Gasteiger partial charge in [-0.25, -0.2) is 9.78 Å². The van der Waals surface area contributed by atoms with Gasteiger partial charge < -0.3 is 19.5 Å². The summed E-state index contributed by atoms with van der Waals surface area (Å²) in [5, 5.41) is 11.1. The van der Waals surface area contributed by atoms with E-state index in [0.29, 0.717) is 0 Å². The summed E-state index contributed by atoms with van der Waals surface area (Å²) >= 11 is 0. The van der Waals surface area contributed by atoms with Crippen LogP contribution < -0.4 is 9.50 Å². The van der Waals surface area contributed by atoms with E-state index in [-0.39, 0.29) is 30.8 Å². The fraction of sp³-hybridized carbons (Fsp3) is 0.357. The molecule has 0 unspecified atom stereocenters. The summed E-state index contributed by atoms with van der Waals surface area (Å²) in [4.78, 5) is 28.0. The normalized spacial score (nSPS) is 15.1. The first-order valence-electron chi connectivity index (χ1n) is 7.37. The van der Waals surface area contributed by atoms with Crippen molar-refractivity contribution in [1.29, 1.82) is 0 Å². The maximum absolute atomic E-state index is 12.5. The van der Waals surface area contributed by atoms with E-state index < -0.39 is 39.2 Å². The van der Waals surface area contributed by atoms with E-state index in [2.05, 4.69) is 14.5 Å². The van der Waals surface area contributed by atoms with E-state index in [1.54, 1.807) is 0 Å².